The molecule has 0 unspecified atom stereocenters. The van der Waals surface area contributed by atoms with Crippen LogP contribution in [0.5, 0.6) is 0 Å². The molecule has 2 heteroatoms. The number of benzene rings is 1. The molecule has 1 rings (SSSR count). The summed E-state index contributed by atoms with van der Waals surface area (Å²) in [5.41, 5.74) is 3.06. The summed E-state index contributed by atoms with van der Waals surface area (Å²) >= 11 is 0. The fourth-order valence-electron chi connectivity index (χ4n) is 1.51. The van der Waals surface area contributed by atoms with E-state index in [0.717, 1.165) is 12.1 Å². The number of rotatable bonds is 4. The summed E-state index contributed by atoms with van der Waals surface area (Å²) in [6.45, 7) is 5.90. The minimum atomic E-state index is 0.683. The van der Waals surface area contributed by atoms with Crippen LogP contribution in [0.1, 0.15) is 26.3 Å². The summed E-state index contributed by atoms with van der Waals surface area (Å²) < 4.78 is 0. The second-order valence-electron chi connectivity index (χ2n) is 3.83. The third-order valence-corrected chi connectivity index (χ3v) is 2.46. The minimum absolute atomic E-state index is 0.683. The van der Waals surface area contributed by atoms with Crippen LogP contribution in [0.2, 0.25) is 0 Å². The summed E-state index contributed by atoms with van der Waals surface area (Å²) in [6, 6.07) is 10.5. The van der Waals surface area contributed by atoms with Gasteiger partial charge >= 0.3 is 0 Å². The zero-order chi connectivity index (χ0) is 12.7. The number of hydrogen-bond acceptors (Lipinski definition) is 2. The average Bonchev–Trinajstić information content (AvgIpc) is 2.38. The van der Waals surface area contributed by atoms with E-state index in [9.17, 15) is 0 Å². The Morgan fingerprint density at radius 3 is 2.47 bits per heavy atom. The largest absolute Gasteiger partial charge is 0.323 e. The van der Waals surface area contributed by atoms with Gasteiger partial charge in [0.15, 0.2) is 0 Å². The molecule has 0 heterocycles. The highest BCUT2D eigenvalue weighted by atomic mass is 15.1. The van der Waals surface area contributed by atoms with Gasteiger partial charge in [-0.05, 0) is 38.0 Å². The van der Waals surface area contributed by atoms with Gasteiger partial charge in [-0.3, -0.25) is 0 Å². The second-order valence-corrected chi connectivity index (χ2v) is 3.83. The van der Waals surface area contributed by atoms with Crippen molar-refractivity contribution < 1.29 is 0 Å². The highest BCUT2D eigenvalue weighted by molar-refractivity contribution is 5.54. The van der Waals surface area contributed by atoms with Crippen LogP contribution in [0.3, 0.4) is 0 Å². The summed E-state index contributed by atoms with van der Waals surface area (Å²) in [7, 11) is 0. The summed E-state index contributed by atoms with van der Waals surface area (Å²) in [5.74, 6) is 0. The molecule has 1 aromatic rings. The van der Waals surface area contributed by atoms with Gasteiger partial charge in [0.2, 0.25) is 0 Å². The van der Waals surface area contributed by atoms with Crippen molar-refractivity contribution in [1.82, 2.24) is 0 Å². The van der Waals surface area contributed by atoms with Crippen molar-refractivity contribution >= 4 is 5.69 Å². The zero-order valence-corrected chi connectivity index (χ0v) is 10.6. The van der Waals surface area contributed by atoms with Crippen molar-refractivity contribution in [3.8, 4) is 6.07 Å². The molecule has 88 valence electrons. The third-order valence-electron chi connectivity index (χ3n) is 2.46. The van der Waals surface area contributed by atoms with Gasteiger partial charge in [0.05, 0.1) is 6.07 Å². The Kier molecular flexibility index (Phi) is 5.03. The Morgan fingerprint density at radius 1 is 1.35 bits per heavy atom. The van der Waals surface area contributed by atoms with Crippen LogP contribution in [0.15, 0.2) is 48.3 Å². The Bertz CT molecular complexity index is 447. The molecule has 0 aliphatic carbocycles. The number of anilines is 1. The van der Waals surface area contributed by atoms with Gasteiger partial charge in [0, 0.05) is 23.7 Å². The van der Waals surface area contributed by atoms with Crippen molar-refractivity contribution in [3.05, 3.63) is 53.9 Å². The first kappa shape index (κ1) is 13.1. The molecule has 0 bridgehead atoms. The van der Waals surface area contributed by atoms with Gasteiger partial charge in [-0.15, -0.1) is 0 Å². The Morgan fingerprint density at radius 2 is 2.00 bits per heavy atom. The van der Waals surface area contributed by atoms with E-state index in [-0.39, 0.29) is 0 Å². The number of allylic oxidation sites excluding steroid dienone is 2. The molecule has 0 N–H and O–H groups in total. The molecule has 0 aliphatic heterocycles. The maximum atomic E-state index is 8.81. The predicted octanol–water partition coefficient (Wildman–Crippen LogP) is 4.02. The highest BCUT2D eigenvalue weighted by Crippen LogP contribution is 2.17. The molecule has 0 aromatic heterocycles. The quantitative estimate of drug-likeness (QED) is 0.725. The molecule has 0 spiro atoms. The van der Waals surface area contributed by atoms with Crippen LogP contribution in [0, 0.1) is 11.3 Å². The second kappa shape index (κ2) is 6.55. The Balaban J connectivity index is 3.02. The van der Waals surface area contributed by atoms with Crippen LogP contribution in [0.25, 0.3) is 0 Å². The average molecular weight is 226 g/mol. The molecular formula is C15H18N2. The van der Waals surface area contributed by atoms with Crippen LogP contribution < -0.4 is 4.90 Å². The smallest absolute Gasteiger partial charge is 0.0959 e. The lowest BCUT2D eigenvalue weighted by molar-refractivity contribution is 1.13. The minimum Gasteiger partial charge on any atom is -0.323 e. The van der Waals surface area contributed by atoms with Gasteiger partial charge in [0.25, 0.3) is 0 Å². The van der Waals surface area contributed by atoms with Gasteiger partial charge in [0.1, 0.15) is 0 Å². The van der Waals surface area contributed by atoms with Gasteiger partial charge in [-0.2, -0.15) is 5.26 Å². The van der Waals surface area contributed by atoms with E-state index in [4.69, 9.17) is 5.26 Å². The standard InChI is InChI=1S/C15H18N2/c1-4-10-17(12-13(3)11-16)15-8-6-14(5-2)7-9-15/h4,6-10,12H,5H2,1-3H3/b10-4+,13-12+. The molecule has 0 radical (unpaired) electrons. The maximum absolute atomic E-state index is 8.81. The molecule has 0 amide bonds. The van der Waals surface area contributed by atoms with E-state index < -0.39 is 0 Å². The molecule has 0 fully saturated rings. The Hall–Kier alpha value is -2.01. The summed E-state index contributed by atoms with van der Waals surface area (Å²) in [4.78, 5) is 1.96. The van der Waals surface area contributed by atoms with Crippen molar-refractivity contribution in [2.24, 2.45) is 0 Å². The zero-order valence-electron chi connectivity index (χ0n) is 10.6. The molecule has 0 saturated heterocycles. The van der Waals surface area contributed by atoms with E-state index in [0.29, 0.717) is 5.57 Å². The molecule has 0 saturated carbocycles. The molecule has 0 atom stereocenters. The SMILES string of the molecule is C/C=C/N(/C=C(\C)C#N)c1ccc(CC)cc1. The molecule has 17 heavy (non-hydrogen) atoms. The molecular weight excluding hydrogens is 208 g/mol. The lowest BCUT2D eigenvalue weighted by Crippen LogP contribution is -2.07. The van der Waals surface area contributed by atoms with Crippen LogP contribution >= 0.6 is 0 Å². The topological polar surface area (TPSA) is 27.0 Å². The molecule has 2 nitrogen and oxygen atoms in total. The third kappa shape index (κ3) is 3.81. The molecule has 0 aliphatic rings. The number of nitriles is 1. The first-order valence-electron chi connectivity index (χ1n) is 5.79. The van der Waals surface area contributed by atoms with Crippen molar-refractivity contribution in [1.29, 1.82) is 5.26 Å². The van der Waals surface area contributed by atoms with Gasteiger partial charge < -0.3 is 4.90 Å². The van der Waals surface area contributed by atoms with Crippen LogP contribution in [0.4, 0.5) is 5.69 Å². The van der Waals surface area contributed by atoms with Gasteiger partial charge in [-0.25, -0.2) is 0 Å². The summed E-state index contributed by atoms with van der Waals surface area (Å²) in [5, 5.41) is 8.81. The van der Waals surface area contributed by atoms with Crippen molar-refractivity contribution in [2.45, 2.75) is 27.2 Å². The first-order valence-corrected chi connectivity index (χ1v) is 5.79. The highest BCUT2D eigenvalue weighted by Gasteiger charge is 2.00. The first-order chi connectivity index (χ1) is 8.21. The van der Waals surface area contributed by atoms with Crippen molar-refractivity contribution in [3.63, 3.8) is 0 Å². The number of hydrogen-bond donors (Lipinski definition) is 0. The Labute approximate surface area is 103 Å². The van der Waals surface area contributed by atoms with Crippen LogP contribution in [-0.2, 0) is 6.42 Å². The van der Waals surface area contributed by atoms with Crippen molar-refractivity contribution in [2.75, 3.05) is 4.90 Å². The van der Waals surface area contributed by atoms with E-state index in [1.807, 2.05) is 30.3 Å². The molecule has 1 aromatic carbocycles. The fourth-order valence-corrected chi connectivity index (χ4v) is 1.51. The lowest BCUT2D eigenvalue weighted by atomic mass is 10.1. The fraction of sp³-hybridized carbons (Fsp3) is 0.267. The normalized spacial score (nSPS) is 11.5. The number of nitrogens with zero attached hydrogens (tertiary/aromatic N) is 2. The van der Waals surface area contributed by atoms with E-state index in [1.165, 1.54) is 5.56 Å². The van der Waals surface area contributed by atoms with Gasteiger partial charge in [-0.1, -0.05) is 25.1 Å². The maximum Gasteiger partial charge on any atom is 0.0959 e. The summed E-state index contributed by atoms with van der Waals surface area (Å²) in [6.07, 6.45) is 6.77. The van der Waals surface area contributed by atoms with E-state index >= 15 is 0 Å². The lowest BCUT2D eigenvalue weighted by Gasteiger charge is -2.16. The number of aryl methyl sites for hydroxylation is 1. The predicted molar refractivity (Wildman–Crippen MR) is 72.5 cm³/mol. The van der Waals surface area contributed by atoms with E-state index in [2.05, 4.69) is 37.3 Å². The van der Waals surface area contributed by atoms with E-state index in [1.54, 1.807) is 6.92 Å². The van der Waals surface area contributed by atoms with Crippen LogP contribution in [-0.4, -0.2) is 0 Å². The monoisotopic (exact) mass is 226 g/mol.